The van der Waals surface area contributed by atoms with Crippen molar-refractivity contribution in [2.75, 3.05) is 11.9 Å². The molecule has 0 heterocycles. The number of fused-ring (bicyclic) bond motifs is 1. The summed E-state index contributed by atoms with van der Waals surface area (Å²) in [5.41, 5.74) is -0.718. The van der Waals surface area contributed by atoms with Gasteiger partial charge in [-0.2, -0.15) is 13.2 Å². The first kappa shape index (κ1) is 19.8. The fraction of sp³-hybridized carbons (Fsp3) is 0.105. The van der Waals surface area contributed by atoms with Crippen molar-refractivity contribution in [1.29, 1.82) is 0 Å². The quantitative estimate of drug-likeness (QED) is 0.675. The highest BCUT2D eigenvalue weighted by molar-refractivity contribution is 7.89. The molecule has 0 aliphatic carbocycles. The van der Waals surface area contributed by atoms with E-state index >= 15 is 0 Å². The summed E-state index contributed by atoms with van der Waals surface area (Å²) in [6.07, 6.45) is -4.48. The zero-order valence-electron chi connectivity index (χ0n) is 14.3. The number of hydrogen-bond acceptors (Lipinski definition) is 3. The van der Waals surface area contributed by atoms with Crippen LogP contribution in [0.25, 0.3) is 10.8 Å². The Kier molecular flexibility index (Phi) is 5.39. The van der Waals surface area contributed by atoms with E-state index in [1.54, 1.807) is 36.4 Å². The molecule has 2 N–H and O–H groups in total. The summed E-state index contributed by atoms with van der Waals surface area (Å²) >= 11 is 0. The third-order valence-corrected chi connectivity index (χ3v) is 5.42. The van der Waals surface area contributed by atoms with Gasteiger partial charge < -0.3 is 5.32 Å². The van der Waals surface area contributed by atoms with Crippen molar-refractivity contribution in [3.63, 3.8) is 0 Å². The normalized spacial score (nSPS) is 12.1. The van der Waals surface area contributed by atoms with Gasteiger partial charge in [0.25, 0.3) is 0 Å². The minimum Gasteiger partial charge on any atom is -0.325 e. The Morgan fingerprint density at radius 1 is 0.893 bits per heavy atom. The molecule has 3 rings (SSSR count). The van der Waals surface area contributed by atoms with Gasteiger partial charge in [0.2, 0.25) is 15.9 Å². The SMILES string of the molecule is O=C(CNS(=O)(=O)c1cccc2ccccc12)Nc1ccc(C(F)(F)F)cc1. The summed E-state index contributed by atoms with van der Waals surface area (Å²) in [4.78, 5) is 12.0. The largest absolute Gasteiger partial charge is 0.416 e. The predicted octanol–water partition coefficient (Wildman–Crippen LogP) is 3.78. The molecular weight excluding hydrogens is 393 g/mol. The molecule has 0 spiro atoms. The number of benzene rings is 3. The molecule has 0 saturated heterocycles. The van der Waals surface area contributed by atoms with E-state index in [9.17, 15) is 26.4 Å². The third-order valence-electron chi connectivity index (χ3n) is 3.96. The summed E-state index contributed by atoms with van der Waals surface area (Å²) in [6, 6.07) is 15.6. The lowest BCUT2D eigenvalue weighted by Gasteiger charge is -2.11. The summed E-state index contributed by atoms with van der Waals surface area (Å²) in [7, 11) is -3.96. The van der Waals surface area contributed by atoms with Crippen molar-refractivity contribution in [3.05, 3.63) is 72.3 Å². The van der Waals surface area contributed by atoms with Crippen molar-refractivity contribution >= 4 is 32.4 Å². The molecular formula is C19H15F3N2O3S. The molecule has 0 aromatic heterocycles. The number of carbonyl (C=O) groups is 1. The van der Waals surface area contributed by atoms with Crippen molar-refractivity contribution in [2.45, 2.75) is 11.1 Å². The van der Waals surface area contributed by atoms with E-state index in [-0.39, 0.29) is 10.6 Å². The summed E-state index contributed by atoms with van der Waals surface area (Å²) in [5.74, 6) is -0.705. The zero-order chi connectivity index (χ0) is 20.4. The number of anilines is 1. The molecule has 5 nitrogen and oxygen atoms in total. The zero-order valence-corrected chi connectivity index (χ0v) is 15.1. The van der Waals surface area contributed by atoms with Crippen molar-refractivity contribution in [2.24, 2.45) is 0 Å². The molecule has 146 valence electrons. The van der Waals surface area contributed by atoms with Crippen LogP contribution in [0.15, 0.2) is 71.6 Å². The Morgan fingerprint density at radius 2 is 1.54 bits per heavy atom. The lowest BCUT2D eigenvalue weighted by molar-refractivity contribution is -0.137. The number of sulfonamides is 1. The van der Waals surface area contributed by atoms with Crippen molar-refractivity contribution < 1.29 is 26.4 Å². The van der Waals surface area contributed by atoms with E-state index in [4.69, 9.17) is 0 Å². The number of rotatable bonds is 5. The van der Waals surface area contributed by atoms with Gasteiger partial charge in [-0.25, -0.2) is 13.1 Å². The first-order valence-electron chi connectivity index (χ1n) is 8.11. The maximum atomic E-state index is 12.5. The first-order chi connectivity index (χ1) is 13.2. The Balaban J connectivity index is 1.68. The molecule has 0 aliphatic rings. The Morgan fingerprint density at radius 3 is 2.21 bits per heavy atom. The van der Waals surface area contributed by atoms with Gasteiger partial charge in [0.15, 0.2) is 0 Å². The highest BCUT2D eigenvalue weighted by Crippen LogP contribution is 2.29. The Bertz CT molecular complexity index is 1110. The fourth-order valence-electron chi connectivity index (χ4n) is 2.62. The van der Waals surface area contributed by atoms with Gasteiger partial charge in [-0.1, -0.05) is 36.4 Å². The highest BCUT2D eigenvalue weighted by Gasteiger charge is 2.30. The van der Waals surface area contributed by atoms with Crippen LogP contribution in [0.4, 0.5) is 18.9 Å². The Labute approximate surface area is 159 Å². The van der Waals surface area contributed by atoms with Gasteiger partial charge >= 0.3 is 6.18 Å². The predicted molar refractivity (Wildman–Crippen MR) is 99.2 cm³/mol. The van der Waals surface area contributed by atoms with Crippen LogP contribution >= 0.6 is 0 Å². The molecule has 0 aliphatic heterocycles. The second-order valence-electron chi connectivity index (χ2n) is 5.93. The van der Waals surface area contributed by atoms with Crippen LogP contribution in [0, 0.1) is 0 Å². The fourth-order valence-corrected chi connectivity index (χ4v) is 3.83. The molecule has 28 heavy (non-hydrogen) atoms. The minimum absolute atomic E-state index is 0.0351. The lowest BCUT2D eigenvalue weighted by Crippen LogP contribution is -2.33. The topological polar surface area (TPSA) is 75.3 Å². The lowest BCUT2D eigenvalue weighted by atomic mass is 10.1. The molecule has 1 amide bonds. The van der Waals surface area contributed by atoms with Crippen LogP contribution in [-0.4, -0.2) is 20.9 Å². The van der Waals surface area contributed by atoms with Crippen LogP contribution in [-0.2, 0) is 21.0 Å². The number of carbonyl (C=O) groups excluding carboxylic acids is 1. The van der Waals surface area contributed by atoms with E-state index in [0.717, 1.165) is 29.7 Å². The van der Waals surface area contributed by atoms with E-state index in [1.807, 2.05) is 0 Å². The van der Waals surface area contributed by atoms with Gasteiger partial charge in [-0.05, 0) is 35.7 Å². The minimum atomic E-state index is -4.48. The number of hydrogen-bond donors (Lipinski definition) is 2. The van der Waals surface area contributed by atoms with Crippen LogP contribution in [0.3, 0.4) is 0 Å². The van der Waals surface area contributed by atoms with Crippen molar-refractivity contribution in [1.82, 2.24) is 4.72 Å². The third kappa shape index (κ3) is 4.49. The summed E-state index contributed by atoms with van der Waals surface area (Å²) < 4.78 is 64.9. The van der Waals surface area contributed by atoms with Crippen LogP contribution < -0.4 is 10.0 Å². The molecule has 0 atom stereocenters. The molecule has 0 saturated carbocycles. The van der Waals surface area contributed by atoms with Crippen LogP contribution in [0.2, 0.25) is 0 Å². The number of amides is 1. The molecule has 3 aromatic carbocycles. The Hall–Kier alpha value is -2.91. The van der Waals surface area contributed by atoms with Gasteiger partial charge in [0.1, 0.15) is 0 Å². The summed E-state index contributed by atoms with van der Waals surface area (Å²) in [5, 5.41) is 3.60. The van der Waals surface area contributed by atoms with Crippen LogP contribution in [0.5, 0.6) is 0 Å². The molecule has 0 bridgehead atoms. The van der Waals surface area contributed by atoms with Gasteiger partial charge in [-0.3, -0.25) is 4.79 Å². The standard InChI is InChI=1S/C19H15F3N2O3S/c20-19(21,22)14-8-10-15(11-9-14)24-18(25)12-23-28(26,27)17-7-3-5-13-4-1-2-6-16(13)17/h1-11,23H,12H2,(H,24,25). The number of nitrogens with one attached hydrogen (secondary N) is 2. The average Bonchev–Trinajstić information content (AvgIpc) is 2.66. The highest BCUT2D eigenvalue weighted by atomic mass is 32.2. The van der Waals surface area contributed by atoms with Crippen LogP contribution in [0.1, 0.15) is 5.56 Å². The van der Waals surface area contributed by atoms with Crippen molar-refractivity contribution in [3.8, 4) is 0 Å². The number of halogens is 3. The summed E-state index contributed by atoms with van der Waals surface area (Å²) in [6.45, 7) is -0.563. The molecule has 3 aromatic rings. The molecule has 0 radical (unpaired) electrons. The second-order valence-corrected chi connectivity index (χ2v) is 7.66. The average molecular weight is 408 g/mol. The van der Waals surface area contributed by atoms with Gasteiger partial charge in [0.05, 0.1) is 17.0 Å². The second kappa shape index (κ2) is 7.61. The monoisotopic (exact) mass is 408 g/mol. The first-order valence-corrected chi connectivity index (χ1v) is 9.60. The van der Waals surface area contributed by atoms with E-state index < -0.39 is 34.2 Å². The van der Waals surface area contributed by atoms with E-state index in [0.29, 0.717) is 5.39 Å². The molecule has 9 heteroatoms. The molecule has 0 unspecified atom stereocenters. The van der Waals surface area contributed by atoms with E-state index in [2.05, 4.69) is 10.0 Å². The van der Waals surface area contributed by atoms with Gasteiger partial charge in [0, 0.05) is 11.1 Å². The maximum absolute atomic E-state index is 12.5. The maximum Gasteiger partial charge on any atom is 0.416 e. The molecule has 0 fully saturated rings. The smallest absolute Gasteiger partial charge is 0.325 e. The van der Waals surface area contributed by atoms with E-state index in [1.165, 1.54) is 6.07 Å². The van der Waals surface area contributed by atoms with Gasteiger partial charge in [-0.15, -0.1) is 0 Å². The number of alkyl halides is 3.